The van der Waals surface area contributed by atoms with Crippen molar-refractivity contribution in [1.29, 1.82) is 0 Å². The number of hydrogen-bond acceptors (Lipinski definition) is 2. The Hall–Kier alpha value is -1.45. The first-order chi connectivity index (χ1) is 11.6. The average molecular weight is 466 g/mol. The van der Waals surface area contributed by atoms with Crippen LogP contribution in [0.2, 0.25) is 0 Å². The molecule has 8 heteroatoms. The van der Waals surface area contributed by atoms with Gasteiger partial charge in [-0.05, 0) is 37.8 Å². The van der Waals surface area contributed by atoms with E-state index in [0.717, 1.165) is 18.9 Å². The Morgan fingerprint density at radius 1 is 1.20 bits per heavy atom. The van der Waals surface area contributed by atoms with Crippen LogP contribution in [0.5, 0.6) is 0 Å². The maximum Gasteiger partial charge on any atom is 0.223 e. The maximum atomic E-state index is 13.6. The van der Waals surface area contributed by atoms with E-state index in [-0.39, 0.29) is 35.8 Å². The largest absolute Gasteiger partial charge is 0.357 e. The summed E-state index contributed by atoms with van der Waals surface area (Å²) in [5, 5.41) is 9.07. The van der Waals surface area contributed by atoms with Crippen LogP contribution < -0.4 is 16.0 Å². The van der Waals surface area contributed by atoms with E-state index >= 15 is 0 Å². The van der Waals surface area contributed by atoms with Gasteiger partial charge in [0.1, 0.15) is 11.6 Å². The molecule has 0 aromatic heterocycles. The van der Waals surface area contributed by atoms with Gasteiger partial charge in [0.05, 0.1) is 0 Å². The SMILES string of the molecule is CCNC(=NCCc1ccc(F)cc1F)NCCNC(=O)C1CC1.I. The monoisotopic (exact) mass is 466 g/mol. The van der Waals surface area contributed by atoms with Gasteiger partial charge in [-0.2, -0.15) is 0 Å². The van der Waals surface area contributed by atoms with Crippen LogP contribution >= 0.6 is 24.0 Å². The molecule has 0 unspecified atom stereocenters. The normalized spacial score (nSPS) is 13.8. The third kappa shape index (κ3) is 7.98. The van der Waals surface area contributed by atoms with Crippen LogP contribution in [0.3, 0.4) is 0 Å². The van der Waals surface area contributed by atoms with Crippen molar-refractivity contribution in [3.05, 3.63) is 35.4 Å². The van der Waals surface area contributed by atoms with E-state index < -0.39 is 11.6 Å². The summed E-state index contributed by atoms with van der Waals surface area (Å²) in [6.45, 7) is 4.13. The Bertz CT molecular complexity index is 594. The fourth-order valence-electron chi connectivity index (χ4n) is 2.21. The average Bonchev–Trinajstić information content (AvgIpc) is 3.38. The molecule has 0 heterocycles. The molecule has 1 amide bonds. The Morgan fingerprint density at radius 3 is 2.56 bits per heavy atom. The molecule has 0 saturated heterocycles. The zero-order chi connectivity index (χ0) is 17.4. The lowest BCUT2D eigenvalue weighted by molar-refractivity contribution is -0.122. The molecule has 140 valence electrons. The third-order valence-corrected chi connectivity index (χ3v) is 3.68. The quantitative estimate of drug-likeness (QED) is 0.238. The van der Waals surface area contributed by atoms with E-state index in [0.29, 0.717) is 44.1 Å². The van der Waals surface area contributed by atoms with E-state index in [1.807, 2.05) is 6.92 Å². The van der Waals surface area contributed by atoms with Crippen LogP contribution in [0.1, 0.15) is 25.3 Å². The molecule has 1 aromatic carbocycles. The van der Waals surface area contributed by atoms with Crippen molar-refractivity contribution in [2.75, 3.05) is 26.2 Å². The van der Waals surface area contributed by atoms with Gasteiger partial charge in [-0.15, -0.1) is 24.0 Å². The topological polar surface area (TPSA) is 65.5 Å². The second-order valence-corrected chi connectivity index (χ2v) is 5.74. The highest BCUT2D eigenvalue weighted by molar-refractivity contribution is 14.0. The Balaban J connectivity index is 0.00000312. The van der Waals surface area contributed by atoms with E-state index in [2.05, 4.69) is 20.9 Å². The second kappa shape index (κ2) is 11.2. The highest BCUT2D eigenvalue weighted by atomic mass is 127. The van der Waals surface area contributed by atoms with Crippen molar-refractivity contribution >= 4 is 35.8 Å². The van der Waals surface area contributed by atoms with E-state index in [9.17, 15) is 13.6 Å². The second-order valence-electron chi connectivity index (χ2n) is 5.74. The molecule has 1 aliphatic carbocycles. The molecule has 1 aromatic rings. The van der Waals surface area contributed by atoms with Crippen molar-refractivity contribution < 1.29 is 13.6 Å². The Kier molecular flexibility index (Phi) is 9.69. The lowest BCUT2D eigenvalue weighted by atomic mass is 10.1. The number of carbonyl (C=O) groups excluding carboxylic acids is 1. The number of hydrogen-bond donors (Lipinski definition) is 3. The molecule has 5 nitrogen and oxygen atoms in total. The van der Waals surface area contributed by atoms with Crippen LogP contribution in [0, 0.1) is 17.6 Å². The van der Waals surface area contributed by atoms with Gasteiger partial charge in [0.15, 0.2) is 5.96 Å². The lowest BCUT2D eigenvalue weighted by Gasteiger charge is -2.12. The van der Waals surface area contributed by atoms with Crippen LogP contribution in [0.25, 0.3) is 0 Å². The van der Waals surface area contributed by atoms with Crippen molar-refractivity contribution in [2.24, 2.45) is 10.9 Å². The molecule has 25 heavy (non-hydrogen) atoms. The molecule has 3 N–H and O–H groups in total. The van der Waals surface area contributed by atoms with Crippen LogP contribution in [0.15, 0.2) is 23.2 Å². The van der Waals surface area contributed by atoms with Gasteiger partial charge in [-0.3, -0.25) is 9.79 Å². The number of nitrogens with one attached hydrogen (secondary N) is 3. The van der Waals surface area contributed by atoms with Crippen molar-refractivity contribution in [1.82, 2.24) is 16.0 Å². The zero-order valence-corrected chi connectivity index (χ0v) is 16.6. The number of aliphatic imine (C=N–C) groups is 1. The van der Waals surface area contributed by atoms with Crippen LogP contribution in [-0.2, 0) is 11.2 Å². The first-order valence-electron chi connectivity index (χ1n) is 8.34. The van der Waals surface area contributed by atoms with E-state index in [4.69, 9.17) is 0 Å². The number of rotatable bonds is 8. The molecule has 0 spiro atoms. The number of guanidine groups is 1. The van der Waals surface area contributed by atoms with Gasteiger partial charge >= 0.3 is 0 Å². The first kappa shape index (κ1) is 21.6. The molecular weight excluding hydrogens is 441 g/mol. The smallest absolute Gasteiger partial charge is 0.223 e. The number of nitrogens with zero attached hydrogens (tertiary/aromatic N) is 1. The van der Waals surface area contributed by atoms with Gasteiger partial charge in [-0.1, -0.05) is 6.07 Å². The Morgan fingerprint density at radius 2 is 1.92 bits per heavy atom. The Labute approximate surface area is 164 Å². The lowest BCUT2D eigenvalue weighted by Crippen LogP contribution is -2.41. The number of amides is 1. The van der Waals surface area contributed by atoms with Crippen molar-refractivity contribution in [3.63, 3.8) is 0 Å². The molecule has 0 bridgehead atoms. The zero-order valence-electron chi connectivity index (χ0n) is 14.3. The number of halogens is 3. The van der Waals surface area contributed by atoms with E-state index in [1.165, 1.54) is 12.1 Å². The predicted octanol–water partition coefficient (Wildman–Crippen LogP) is 2.21. The summed E-state index contributed by atoms with van der Waals surface area (Å²) in [4.78, 5) is 15.9. The summed E-state index contributed by atoms with van der Waals surface area (Å²) < 4.78 is 26.4. The van der Waals surface area contributed by atoms with Gasteiger partial charge in [0.25, 0.3) is 0 Å². The molecule has 1 fully saturated rings. The van der Waals surface area contributed by atoms with Crippen molar-refractivity contribution in [2.45, 2.75) is 26.2 Å². The summed E-state index contributed by atoms with van der Waals surface area (Å²) in [7, 11) is 0. The highest BCUT2D eigenvalue weighted by Crippen LogP contribution is 2.28. The molecule has 0 radical (unpaired) electrons. The highest BCUT2D eigenvalue weighted by Gasteiger charge is 2.28. The van der Waals surface area contributed by atoms with Crippen molar-refractivity contribution in [3.8, 4) is 0 Å². The summed E-state index contributed by atoms with van der Waals surface area (Å²) in [5.41, 5.74) is 0.438. The molecule has 1 aliphatic rings. The maximum absolute atomic E-state index is 13.6. The van der Waals surface area contributed by atoms with Crippen LogP contribution in [-0.4, -0.2) is 38.0 Å². The summed E-state index contributed by atoms with van der Waals surface area (Å²) in [5.74, 6) is -0.197. The minimum Gasteiger partial charge on any atom is -0.357 e. The fourth-order valence-corrected chi connectivity index (χ4v) is 2.21. The van der Waals surface area contributed by atoms with Crippen LogP contribution in [0.4, 0.5) is 8.78 Å². The fraction of sp³-hybridized carbons (Fsp3) is 0.529. The predicted molar refractivity (Wildman–Crippen MR) is 105 cm³/mol. The number of carbonyl (C=O) groups is 1. The minimum absolute atomic E-state index is 0. The summed E-state index contributed by atoms with van der Waals surface area (Å²) in [6.07, 6.45) is 2.37. The third-order valence-electron chi connectivity index (χ3n) is 3.68. The van der Waals surface area contributed by atoms with Gasteiger partial charge < -0.3 is 16.0 Å². The van der Waals surface area contributed by atoms with E-state index in [1.54, 1.807) is 0 Å². The number of benzene rings is 1. The molecule has 1 saturated carbocycles. The van der Waals surface area contributed by atoms with Gasteiger partial charge in [0, 0.05) is 38.2 Å². The standard InChI is InChI=1S/C17H24F2N4O.HI/c1-2-20-17(23-10-9-21-16(24)13-3-4-13)22-8-7-12-5-6-14(18)11-15(12)19;/h5-6,11,13H,2-4,7-10H2,1H3,(H,21,24)(H2,20,22,23);1H. The summed E-state index contributed by atoms with van der Waals surface area (Å²) in [6, 6.07) is 3.56. The molecule has 0 aliphatic heterocycles. The minimum atomic E-state index is -0.581. The molecule has 0 atom stereocenters. The molecule has 2 rings (SSSR count). The molecular formula is C17H25F2IN4O. The van der Waals surface area contributed by atoms with Gasteiger partial charge in [0.2, 0.25) is 5.91 Å². The summed E-state index contributed by atoms with van der Waals surface area (Å²) >= 11 is 0. The first-order valence-corrected chi connectivity index (χ1v) is 8.34. The van der Waals surface area contributed by atoms with Gasteiger partial charge in [-0.25, -0.2) is 8.78 Å².